The zero-order chi connectivity index (χ0) is 9.97. The van der Waals surface area contributed by atoms with Crippen molar-refractivity contribution in [1.29, 1.82) is 0 Å². The number of nitrogens with one attached hydrogen (secondary N) is 1. The van der Waals surface area contributed by atoms with Gasteiger partial charge >= 0.3 is 6.61 Å². The summed E-state index contributed by atoms with van der Waals surface area (Å²) in [7, 11) is 0. The average molecular weight is 198 g/mol. The van der Waals surface area contributed by atoms with Crippen LogP contribution in [-0.4, -0.2) is 16.6 Å². The summed E-state index contributed by atoms with van der Waals surface area (Å²) < 4.78 is 27.6. The fourth-order valence-electron chi connectivity index (χ4n) is 1.23. The molecule has 2 rings (SSSR count). The van der Waals surface area contributed by atoms with Crippen molar-refractivity contribution in [2.24, 2.45) is 0 Å². The molecule has 0 saturated heterocycles. The lowest BCUT2D eigenvalue weighted by molar-refractivity contribution is -0.137. The fourth-order valence-corrected chi connectivity index (χ4v) is 1.23. The first-order chi connectivity index (χ1) is 6.75. The smallest absolute Gasteiger partial charge is 0.345 e. The van der Waals surface area contributed by atoms with Crippen LogP contribution in [0.4, 0.5) is 8.78 Å². The van der Waals surface area contributed by atoms with Crippen molar-refractivity contribution >= 4 is 11.0 Å². The van der Waals surface area contributed by atoms with Crippen molar-refractivity contribution in [3.05, 3.63) is 30.1 Å². The number of alkyl halides is 2. The van der Waals surface area contributed by atoms with E-state index >= 15 is 0 Å². The van der Waals surface area contributed by atoms with Gasteiger partial charge in [-0.05, 0) is 17.7 Å². The number of aromatic amines is 1. The van der Waals surface area contributed by atoms with E-state index in [0.717, 1.165) is 11.0 Å². The summed E-state index contributed by atoms with van der Waals surface area (Å²) in [4.78, 5) is 6.90. The summed E-state index contributed by atoms with van der Waals surface area (Å²) >= 11 is 0. The molecule has 0 saturated carbocycles. The van der Waals surface area contributed by atoms with Crippen molar-refractivity contribution < 1.29 is 13.5 Å². The second kappa shape index (κ2) is 3.71. The number of aromatic nitrogens is 2. The SMILES string of the molecule is FC(F)OCc1ccc2nc[nH]c2c1. The molecule has 2 aromatic rings. The Balaban J connectivity index is 2.17. The van der Waals surface area contributed by atoms with Crippen LogP contribution >= 0.6 is 0 Å². The van der Waals surface area contributed by atoms with Crippen molar-refractivity contribution in [1.82, 2.24) is 9.97 Å². The first-order valence-corrected chi connectivity index (χ1v) is 4.07. The number of H-pyrrole nitrogens is 1. The number of fused-ring (bicyclic) bond motifs is 1. The van der Waals surface area contributed by atoms with Crippen LogP contribution in [-0.2, 0) is 11.3 Å². The van der Waals surface area contributed by atoms with Gasteiger partial charge in [0.25, 0.3) is 0 Å². The molecule has 1 heterocycles. The van der Waals surface area contributed by atoms with E-state index < -0.39 is 6.61 Å². The van der Waals surface area contributed by atoms with Gasteiger partial charge in [-0.1, -0.05) is 6.07 Å². The molecular formula is C9H8F2N2O. The lowest BCUT2D eigenvalue weighted by Gasteiger charge is -2.02. The normalized spacial score (nSPS) is 11.4. The van der Waals surface area contributed by atoms with Gasteiger partial charge in [-0.3, -0.25) is 0 Å². The largest absolute Gasteiger partial charge is 0.345 e. The van der Waals surface area contributed by atoms with Gasteiger partial charge in [0.15, 0.2) is 0 Å². The minimum Gasteiger partial charge on any atom is -0.345 e. The zero-order valence-electron chi connectivity index (χ0n) is 7.21. The summed E-state index contributed by atoms with van der Waals surface area (Å²) in [5.74, 6) is 0. The quantitative estimate of drug-likeness (QED) is 0.821. The number of benzene rings is 1. The lowest BCUT2D eigenvalue weighted by atomic mass is 10.2. The molecule has 0 aliphatic heterocycles. The number of hydrogen-bond acceptors (Lipinski definition) is 2. The van der Waals surface area contributed by atoms with E-state index in [1.165, 1.54) is 0 Å². The van der Waals surface area contributed by atoms with Crippen LogP contribution in [0.1, 0.15) is 5.56 Å². The minimum atomic E-state index is -2.73. The van der Waals surface area contributed by atoms with E-state index in [0.29, 0.717) is 5.56 Å². The molecule has 1 aromatic heterocycles. The second-order valence-corrected chi connectivity index (χ2v) is 2.83. The molecule has 5 heteroatoms. The Morgan fingerprint density at radius 3 is 3.07 bits per heavy atom. The molecule has 0 atom stereocenters. The highest BCUT2D eigenvalue weighted by atomic mass is 19.3. The molecule has 1 aromatic carbocycles. The Morgan fingerprint density at radius 1 is 1.43 bits per heavy atom. The highest BCUT2D eigenvalue weighted by molar-refractivity contribution is 5.74. The van der Waals surface area contributed by atoms with Gasteiger partial charge in [-0.15, -0.1) is 0 Å². The maximum absolute atomic E-state index is 11.7. The van der Waals surface area contributed by atoms with E-state index in [2.05, 4.69) is 14.7 Å². The van der Waals surface area contributed by atoms with Crippen LogP contribution in [0, 0.1) is 0 Å². The van der Waals surface area contributed by atoms with E-state index in [1.807, 2.05) is 0 Å². The van der Waals surface area contributed by atoms with Gasteiger partial charge in [0.2, 0.25) is 0 Å². The average Bonchev–Trinajstić information content (AvgIpc) is 2.61. The summed E-state index contributed by atoms with van der Waals surface area (Å²) in [5.41, 5.74) is 2.33. The summed E-state index contributed by atoms with van der Waals surface area (Å²) in [6.07, 6.45) is 1.56. The minimum absolute atomic E-state index is 0.0906. The predicted octanol–water partition coefficient (Wildman–Crippen LogP) is 2.30. The molecule has 0 fully saturated rings. The third-order valence-electron chi connectivity index (χ3n) is 1.86. The first-order valence-electron chi connectivity index (χ1n) is 4.07. The third kappa shape index (κ3) is 1.88. The number of hydrogen-bond donors (Lipinski definition) is 1. The molecule has 14 heavy (non-hydrogen) atoms. The Hall–Kier alpha value is -1.49. The Labute approximate surface area is 78.7 Å². The molecule has 0 radical (unpaired) electrons. The van der Waals surface area contributed by atoms with Gasteiger partial charge in [0.1, 0.15) is 0 Å². The molecular weight excluding hydrogens is 190 g/mol. The predicted molar refractivity (Wildman–Crippen MR) is 46.9 cm³/mol. The van der Waals surface area contributed by atoms with Crippen molar-refractivity contribution in [2.45, 2.75) is 13.2 Å². The Bertz CT molecular complexity index is 427. The lowest BCUT2D eigenvalue weighted by Crippen LogP contribution is -1.98. The highest BCUT2D eigenvalue weighted by Gasteiger charge is 2.03. The second-order valence-electron chi connectivity index (χ2n) is 2.83. The van der Waals surface area contributed by atoms with E-state index in [1.54, 1.807) is 24.5 Å². The van der Waals surface area contributed by atoms with Crippen LogP contribution in [0.2, 0.25) is 0 Å². The van der Waals surface area contributed by atoms with Crippen LogP contribution in [0.3, 0.4) is 0 Å². The van der Waals surface area contributed by atoms with Crippen LogP contribution < -0.4 is 0 Å². The van der Waals surface area contributed by atoms with Gasteiger partial charge in [0, 0.05) is 0 Å². The topological polar surface area (TPSA) is 37.9 Å². The molecule has 74 valence electrons. The van der Waals surface area contributed by atoms with Crippen molar-refractivity contribution in [3.8, 4) is 0 Å². The number of imidazole rings is 1. The molecule has 3 nitrogen and oxygen atoms in total. The van der Waals surface area contributed by atoms with Crippen LogP contribution in [0.15, 0.2) is 24.5 Å². The summed E-state index contributed by atoms with van der Waals surface area (Å²) in [6, 6.07) is 5.21. The maximum atomic E-state index is 11.7. The Kier molecular flexibility index (Phi) is 2.41. The molecule has 0 aliphatic rings. The van der Waals surface area contributed by atoms with Gasteiger partial charge < -0.3 is 9.72 Å². The molecule has 0 aliphatic carbocycles. The van der Waals surface area contributed by atoms with E-state index in [-0.39, 0.29) is 6.61 Å². The van der Waals surface area contributed by atoms with Crippen LogP contribution in [0.5, 0.6) is 0 Å². The maximum Gasteiger partial charge on any atom is 0.345 e. The van der Waals surface area contributed by atoms with E-state index in [4.69, 9.17) is 0 Å². The fraction of sp³-hybridized carbons (Fsp3) is 0.222. The number of halogens is 2. The molecule has 0 bridgehead atoms. The molecule has 0 amide bonds. The molecule has 0 unspecified atom stereocenters. The monoisotopic (exact) mass is 198 g/mol. The number of rotatable bonds is 3. The van der Waals surface area contributed by atoms with E-state index in [9.17, 15) is 8.78 Å². The number of ether oxygens (including phenoxy) is 1. The van der Waals surface area contributed by atoms with Gasteiger partial charge in [0.05, 0.1) is 24.0 Å². The molecule has 0 spiro atoms. The van der Waals surface area contributed by atoms with Gasteiger partial charge in [-0.25, -0.2) is 4.98 Å². The summed E-state index contributed by atoms with van der Waals surface area (Å²) in [6.45, 7) is -2.82. The molecule has 1 N–H and O–H groups in total. The van der Waals surface area contributed by atoms with Crippen molar-refractivity contribution in [3.63, 3.8) is 0 Å². The summed E-state index contributed by atoms with van der Waals surface area (Å²) in [5, 5.41) is 0. The zero-order valence-corrected chi connectivity index (χ0v) is 7.21. The van der Waals surface area contributed by atoms with Gasteiger partial charge in [-0.2, -0.15) is 8.78 Å². The van der Waals surface area contributed by atoms with Crippen molar-refractivity contribution in [2.75, 3.05) is 0 Å². The highest BCUT2D eigenvalue weighted by Crippen LogP contribution is 2.13. The Morgan fingerprint density at radius 2 is 2.29 bits per heavy atom. The van der Waals surface area contributed by atoms with Crippen LogP contribution in [0.25, 0.3) is 11.0 Å². The first kappa shape index (κ1) is 9.08. The third-order valence-corrected chi connectivity index (χ3v) is 1.86. The standard InChI is InChI=1S/C9H8F2N2O/c10-9(11)14-4-6-1-2-7-8(3-6)13-5-12-7/h1-3,5,9H,4H2,(H,12,13). The number of nitrogens with zero attached hydrogens (tertiary/aromatic N) is 1.